The summed E-state index contributed by atoms with van der Waals surface area (Å²) in [6, 6.07) is 6.32. The molecule has 4 heteroatoms. The van der Waals surface area contributed by atoms with Gasteiger partial charge in [0.2, 0.25) is 5.91 Å². The van der Waals surface area contributed by atoms with E-state index in [-0.39, 0.29) is 17.5 Å². The lowest BCUT2D eigenvalue weighted by atomic mass is 10.0. The van der Waals surface area contributed by atoms with E-state index in [1.807, 2.05) is 0 Å². The van der Waals surface area contributed by atoms with Crippen LogP contribution in [-0.4, -0.2) is 19.1 Å². The van der Waals surface area contributed by atoms with Gasteiger partial charge in [-0.15, -0.1) is 0 Å². The average Bonchev–Trinajstić information content (AvgIpc) is 3.03. The highest BCUT2D eigenvalue weighted by atomic mass is 19.1. The van der Waals surface area contributed by atoms with Crippen molar-refractivity contribution in [3.63, 3.8) is 0 Å². The molecule has 0 aliphatic heterocycles. The van der Waals surface area contributed by atoms with Gasteiger partial charge in [0.25, 0.3) is 0 Å². The number of rotatable bonds is 9. The number of carbonyl (C=O) groups is 1. The van der Waals surface area contributed by atoms with Crippen LogP contribution in [0.1, 0.15) is 51.4 Å². The Balaban J connectivity index is 1.48. The summed E-state index contributed by atoms with van der Waals surface area (Å²) in [5.74, 6) is 0.827. The molecule has 0 bridgehead atoms. The molecule has 1 aromatic rings. The molecule has 22 heavy (non-hydrogen) atoms. The predicted octanol–water partition coefficient (Wildman–Crippen LogP) is 4.07. The first kappa shape index (κ1) is 16.8. The molecule has 1 amide bonds. The summed E-state index contributed by atoms with van der Waals surface area (Å²) in [5, 5.41) is 2.95. The molecule has 2 rings (SSSR count). The maximum Gasteiger partial charge on any atom is 0.220 e. The number of halogens is 1. The van der Waals surface area contributed by atoms with Crippen LogP contribution < -0.4 is 10.1 Å². The molecule has 0 heterocycles. The molecule has 0 unspecified atom stereocenters. The Kier molecular flexibility index (Phi) is 7.20. The van der Waals surface area contributed by atoms with E-state index in [4.69, 9.17) is 4.74 Å². The quantitative estimate of drug-likeness (QED) is 0.698. The molecule has 1 aliphatic carbocycles. The zero-order chi connectivity index (χ0) is 15.6. The number of nitrogens with one attached hydrogen (secondary N) is 1. The Morgan fingerprint density at radius 3 is 2.77 bits per heavy atom. The largest absolute Gasteiger partial charge is 0.491 e. The van der Waals surface area contributed by atoms with Gasteiger partial charge in [-0.3, -0.25) is 4.79 Å². The number of hydrogen-bond donors (Lipinski definition) is 1. The third-order valence-electron chi connectivity index (χ3n) is 4.23. The van der Waals surface area contributed by atoms with Gasteiger partial charge in [-0.25, -0.2) is 4.39 Å². The molecule has 3 nitrogen and oxygen atoms in total. The predicted molar refractivity (Wildman–Crippen MR) is 85.3 cm³/mol. The van der Waals surface area contributed by atoms with Crippen LogP contribution in [0.25, 0.3) is 0 Å². The van der Waals surface area contributed by atoms with Crippen molar-refractivity contribution in [1.29, 1.82) is 0 Å². The van der Waals surface area contributed by atoms with Crippen LogP contribution in [0.3, 0.4) is 0 Å². The smallest absolute Gasteiger partial charge is 0.220 e. The molecule has 0 spiro atoms. The molecule has 0 radical (unpaired) electrons. The molecule has 1 N–H and O–H groups in total. The highest BCUT2D eigenvalue weighted by Gasteiger charge is 2.14. The van der Waals surface area contributed by atoms with Gasteiger partial charge in [0.05, 0.1) is 6.61 Å². The van der Waals surface area contributed by atoms with E-state index < -0.39 is 0 Å². The third-order valence-corrected chi connectivity index (χ3v) is 4.23. The van der Waals surface area contributed by atoms with Crippen LogP contribution in [-0.2, 0) is 4.79 Å². The summed E-state index contributed by atoms with van der Waals surface area (Å²) >= 11 is 0. The number of amides is 1. The van der Waals surface area contributed by atoms with Gasteiger partial charge in [-0.1, -0.05) is 37.8 Å². The molecular formula is C18H26FNO2. The lowest BCUT2D eigenvalue weighted by molar-refractivity contribution is -0.121. The minimum atomic E-state index is -0.362. The molecule has 0 saturated heterocycles. The minimum absolute atomic E-state index is 0.0588. The van der Waals surface area contributed by atoms with Crippen molar-refractivity contribution >= 4 is 5.91 Å². The van der Waals surface area contributed by atoms with Gasteiger partial charge in [0.1, 0.15) is 0 Å². The molecular weight excluding hydrogens is 281 g/mol. The summed E-state index contributed by atoms with van der Waals surface area (Å²) in [7, 11) is 0. The molecule has 1 saturated carbocycles. The lowest BCUT2D eigenvalue weighted by Gasteiger charge is -2.10. The maximum atomic E-state index is 13.3. The van der Waals surface area contributed by atoms with E-state index in [0.717, 1.165) is 18.9 Å². The first-order valence-electron chi connectivity index (χ1n) is 8.40. The van der Waals surface area contributed by atoms with Crippen molar-refractivity contribution in [3.05, 3.63) is 30.1 Å². The summed E-state index contributed by atoms with van der Waals surface area (Å²) < 4.78 is 18.6. The molecule has 1 aliphatic rings. The van der Waals surface area contributed by atoms with Crippen LogP contribution >= 0.6 is 0 Å². The fourth-order valence-corrected chi connectivity index (χ4v) is 2.98. The van der Waals surface area contributed by atoms with Crippen molar-refractivity contribution in [2.45, 2.75) is 51.4 Å². The van der Waals surface area contributed by atoms with E-state index in [1.165, 1.54) is 38.2 Å². The SMILES string of the molecule is O=C(CCCOc1ccccc1F)NCCCC1CCCC1. The number of hydrogen-bond acceptors (Lipinski definition) is 2. The van der Waals surface area contributed by atoms with Crippen LogP contribution in [0.2, 0.25) is 0 Å². The summed E-state index contributed by atoms with van der Waals surface area (Å²) in [4.78, 5) is 11.7. The number of benzene rings is 1. The minimum Gasteiger partial charge on any atom is -0.491 e. The third kappa shape index (κ3) is 6.04. The van der Waals surface area contributed by atoms with E-state index in [9.17, 15) is 9.18 Å². The lowest BCUT2D eigenvalue weighted by Crippen LogP contribution is -2.24. The van der Waals surface area contributed by atoms with E-state index in [0.29, 0.717) is 19.4 Å². The van der Waals surface area contributed by atoms with Crippen LogP contribution in [0.4, 0.5) is 4.39 Å². The van der Waals surface area contributed by atoms with Gasteiger partial charge in [-0.05, 0) is 37.3 Å². The molecule has 0 aromatic heterocycles. The van der Waals surface area contributed by atoms with Crippen molar-refractivity contribution in [3.8, 4) is 5.75 Å². The first-order chi connectivity index (χ1) is 10.8. The van der Waals surface area contributed by atoms with Gasteiger partial charge in [-0.2, -0.15) is 0 Å². The molecule has 122 valence electrons. The second kappa shape index (κ2) is 9.44. The monoisotopic (exact) mass is 307 g/mol. The van der Waals surface area contributed by atoms with Crippen molar-refractivity contribution in [2.75, 3.05) is 13.2 Å². The maximum absolute atomic E-state index is 13.3. The Morgan fingerprint density at radius 2 is 2.00 bits per heavy atom. The first-order valence-corrected chi connectivity index (χ1v) is 8.40. The molecule has 0 atom stereocenters. The Labute approximate surface area is 132 Å². The van der Waals surface area contributed by atoms with Gasteiger partial charge >= 0.3 is 0 Å². The van der Waals surface area contributed by atoms with Crippen LogP contribution in [0, 0.1) is 11.7 Å². The number of para-hydroxylation sites is 1. The normalized spacial score (nSPS) is 15.0. The molecule has 1 fully saturated rings. The van der Waals surface area contributed by atoms with E-state index in [1.54, 1.807) is 18.2 Å². The number of carbonyl (C=O) groups excluding carboxylic acids is 1. The highest BCUT2D eigenvalue weighted by Crippen LogP contribution is 2.28. The van der Waals surface area contributed by atoms with Gasteiger partial charge in [0, 0.05) is 13.0 Å². The van der Waals surface area contributed by atoms with Crippen LogP contribution in [0.15, 0.2) is 24.3 Å². The van der Waals surface area contributed by atoms with E-state index >= 15 is 0 Å². The van der Waals surface area contributed by atoms with Crippen molar-refractivity contribution < 1.29 is 13.9 Å². The van der Waals surface area contributed by atoms with E-state index in [2.05, 4.69) is 5.32 Å². The topological polar surface area (TPSA) is 38.3 Å². The average molecular weight is 307 g/mol. The van der Waals surface area contributed by atoms with Crippen LogP contribution in [0.5, 0.6) is 5.75 Å². The van der Waals surface area contributed by atoms with Crippen molar-refractivity contribution in [2.24, 2.45) is 5.92 Å². The second-order valence-electron chi connectivity index (χ2n) is 6.03. The zero-order valence-corrected chi connectivity index (χ0v) is 13.2. The Bertz CT molecular complexity index is 458. The fraction of sp³-hybridized carbons (Fsp3) is 0.611. The summed E-state index contributed by atoms with van der Waals surface area (Å²) in [5.41, 5.74) is 0. The zero-order valence-electron chi connectivity index (χ0n) is 13.2. The number of ether oxygens (including phenoxy) is 1. The van der Waals surface area contributed by atoms with Crippen molar-refractivity contribution in [1.82, 2.24) is 5.32 Å². The Morgan fingerprint density at radius 1 is 1.23 bits per heavy atom. The van der Waals surface area contributed by atoms with Gasteiger partial charge < -0.3 is 10.1 Å². The summed E-state index contributed by atoms with van der Waals surface area (Å²) in [6.45, 7) is 1.12. The highest BCUT2D eigenvalue weighted by molar-refractivity contribution is 5.75. The molecule has 1 aromatic carbocycles. The Hall–Kier alpha value is -1.58. The fourth-order valence-electron chi connectivity index (χ4n) is 2.98. The van der Waals surface area contributed by atoms with Gasteiger partial charge in [0.15, 0.2) is 11.6 Å². The summed E-state index contributed by atoms with van der Waals surface area (Å²) in [6.07, 6.45) is 8.81. The second-order valence-corrected chi connectivity index (χ2v) is 6.03. The standard InChI is InChI=1S/C18H26FNO2/c19-16-10-3-4-11-17(16)22-14-6-12-18(21)20-13-5-9-15-7-1-2-8-15/h3-4,10-11,15H,1-2,5-9,12-14H2,(H,20,21).